The van der Waals surface area contributed by atoms with Gasteiger partial charge in [-0.1, -0.05) is 24.3 Å². The zero-order valence-electron chi connectivity index (χ0n) is 24.1. The highest BCUT2D eigenvalue weighted by atomic mass is 16.6. The first-order valence-corrected chi connectivity index (χ1v) is 7.93. The summed E-state index contributed by atoms with van der Waals surface area (Å²) in [5.41, 5.74) is 1.18. The fourth-order valence-electron chi connectivity index (χ4n) is 1.91. The van der Waals surface area contributed by atoms with Crippen LogP contribution in [0.1, 0.15) is 24.8 Å². The summed E-state index contributed by atoms with van der Waals surface area (Å²) >= 11 is 0. The van der Waals surface area contributed by atoms with Gasteiger partial charge in [-0.15, -0.1) is 0 Å². The summed E-state index contributed by atoms with van der Waals surface area (Å²) in [7, 11) is -5.52. The molecule has 0 aromatic heterocycles. The number of hydrogen-bond acceptors (Lipinski definition) is 5. The highest BCUT2D eigenvalue weighted by molar-refractivity contribution is 5.27. The number of ether oxygens (including phenoxy) is 4. The standard InChI is InChI=1S/C12H16O3.C9H12O2/c1-13-7-6-10-2-4-11(5-3-10)14-8-12-9-15-12;1-11-7-6-8-2-4-9(10)5-3-8/h2-5,12H,6-9H2,1H3;2-5,10H,6-7H2,1H3/i2*1D3,7D2. The molecule has 1 N–H and O–H groups in total. The molecule has 2 aromatic carbocycles. The lowest BCUT2D eigenvalue weighted by molar-refractivity contribution is 0.202. The lowest BCUT2D eigenvalue weighted by Crippen LogP contribution is -2.04. The smallest absolute Gasteiger partial charge is 0.119 e. The third kappa shape index (κ3) is 8.34. The Labute approximate surface area is 169 Å². The first kappa shape index (κ1) is 10.3. The number of hydrogen-bond donors (Lipinski definition) is 1. The Balaban J connectivity index is 0.000000261. The Morgan fingerprint density at radius 1 is 1.00 bits per heavy atom. The molecule has 26 heavy (non-hydrogen) atoms. The predicted molar refractivity (Wildman–Crippen MR) is 101 cm³/mol. The molecule has 1 heterocycles. The summed E-state index contributed by atoms with van der Waals surface area (Å²) in [6, 6.07) is 12.6. The van der Waals surface area contributed by atoms with Crippen LogP contribution in [0.4, 0.5) is 0 Å². The van der Waals surface area contributed by atoms with Crippen molar-refractivity contribution < 1.29 is 37.8 Å². The third-order valence-electron chi connectivity index (χ3n) is 3.39. The number of aryl methyl sites for hydroxylation is 2. The average molecular weight is 371 g/mol. The van der Waals surface area contributed by atoms with E-state index in [1.165, 1.54) is 24.3 Å². The molecule has 0 amide bonds. The number of benzene rings is 2. The maximum absolute atomic E-state index is 9.03. The van der Waals surface area contributed by atoms with Crippen LogP contribution in [0.3, 0.4) is 0 Å². The van der Waals surface area contributed by atoms with E-state index in [-0.39, 0.29) is 24.7 Å². The van der Waals surface area contributed by atoms with Crippen LogP contribution in [0.5, 0.6) is 11.5 Å². The summed E-state index contributed by atoms with van der Waals surface area (Å²) in [5.74, 6) is 0.739. The van der Waals surface area contributed by atoms with E-state index in [1.807, 2.05) is 0 Å². The molecule has 142 valence electrons. The molecule has 1 fully saturated rings. The highest BCUT2D eigenvalue weighted by Crippen LogP contribution is 2.16. The second-order valence-corrected chi connectivity index (χ2v) is 5.42. The summed E-state index contributed by atoms with van der Waals surface area (Å²) in [6.45, 7) is -3.27. The number of phenols is 1. The predicted octanol–water partition coefficient (Wildman–Crippen LogP) is 3.23. The van der Waals surface area contributed by atoms with Crippen LogP contribution in [-0.2, 0) is 27.1 Å². The van der Waals surface area contributed by atoms with Crippen molar-refractivity contribution >= 4 is 0 Å². The van der Waals surface area contributed by atoms with Gasteiger partial charge in [0.15, 0.2) is 0 Å². The van der Waals surface area contributed by atoms with Crippen molar-refractivity contribution in [3.63, 3.8) is 0 Å². The van der Waals surface area contributed by atoms with Crippen LogP contribution >= 0.6 is 0 Å². The summed E-state index contributed by atoms with van der Waals surface area (Å²) in [4.78, 5) is 0. The van der Waals surface area contributed by atoms with Gasteiger partial charge in [-0.3, -0.25) is 0 Å². The van der Waals surface area contributed by atoms with Gasteiger partial charge >= 0.3 is 0 Å². The van der Waals surface area contributed by atoms with Crippen molar-refractivity contribution in [2.24, 2.45) is 0 Å². The quantitative estimate of drug-likeness (QED) is 0.687. The molecule has 0 spiro atoms. The molecule has 5 heteroatoms. The first-order chi connectivity index (χ1) is 16.4. The molecule has 1 aliphatic heterocycles. The van der Waals surface area contributed by atoms with E-state index in [2.05, 4.69) is 9.47 Å². The number of epoxide rings is 1. The Hall–Kier alpha value is -2.08. The van der Waals surface area contributed by atoms with Crippen LogP contribution in [-0.4, -0.2) is 51.6 Å². The number of rotatable bonds is 9. The van der Waals surface area contributed by atoms with Crippen molar-refractivity contribution in [2.75, 3.05) is 40.4 Å². The lowest BCUT2D eigenvalue weighted by atomic mass is 10.1. The molecule has 1 unspecified atom stereocenters. The van der Waals surface area contributed by atoms with E-state index < -0.39 is 27.2 Å². The van der Waals surface area contributed by atoms with Crippen molar-refractivity contribution in [3.05, 3.63) is 59.7 Å². The van der Waals surface area contributed by atoms with Crippen LogP contribution < -0.4 is 4.74 Å². The van der Waals surface area contributed by atoms with Crippen molar-refractivity contribution in [3.8, 4) is 11.5 Å². The van der Waals surface area contributed by atoms with Gasteiger partial charge < -0.3 is 24.1 Å². The molecule has 1 atom stereocenters. The molecule has 1 aliphatic rings. The molecule has 1 saturated heterocycles. The first-order valence-electron chi connectivity index (χ1n) is 12.9. The molecule has 5 nitrogen and oxygen atoms in total. The van der Waals surface area contributed by atoms with Gasteiger partial charge in [0.1, 0.15) is 24.2 Å². The molecular weight excluding hydrogens is 332 g/mol. The van der Waals surface area contributed by atoms with E-state index in [0.717, 1.165) is 6.61 Å². The average Bonchev–Trinajstić information content (AvgIpc) is 3.50. The zero-order chi connectivity index (χ0) is 27.2. The maximum atomic E-state index is 9.03. The van der Waals surface area contributed by atoms with Gasteiger partial charge in [0.25, 0.3) is 0 Å². The third-order valence-corrected chi connectivity index (χ3v) is 3.39. The topological polar surface area (TPSA) is 60.5 Å². The summed E-state index contributed by atoms with van der Waals surface area (Å²) in [6.07, 6.45) is -0.153. The Kier molecular flexibility index (Phi) is 4.57. The normalized spacial score (nSPS) is 22.8. The minimum atomic E-state index is -2.76. The van der Waals surface area contributed by atoms with Crippen LogP contribution in [0, 0.1) is 0 Å². The molecular formula is C21H28O5. The van der Waals surface area contributed by atoms with Gasteiger partial charge in [0.05, 0.1) is 33.4 Å². The monoisotopic (exact) mass is 370 g/mol. The van der Waals surface area contributed by atoms with E-state index in [1.54, 1.807) is 24.3 Å². The second kappa shape index (κ2) is 11.5. The second-order valence-electron chi connectivity index (χ2n) is 5.42. The summed E-state index contributed by atoms with van der Waals surface area (Å²) in [5, 5.41) is 9.03. The van der Waals surface area contributed by atoms with Crippen LogP contribution in [0.15, 0.2) is 48.5 Å². The molecule has 3 rings (SSSR count). The zero-order valence-corrected chi connectivity index (χ0v) is 14.1. The van der Waals surface area contributed by atoms with Gasteiger partial charge in [-0.25, -0.2) is 0 Å². The molecule has 0 aliphatic carbocycles. The molecule has 0 radical (unpaired) electrons. The van der Waals surface area contributed by atoms with Gasteiger partial charge in [-0.2, -0.15) is 0 Å². The van der Waals surface area contributed by atoms with Gasteiger partial charge in [-0.05, 0) is 48.2 Å². The van der Waals surface area contributed by atoms with Gasteiger partial charge in [0.2, 0.25) is 0 Å². The number of aromatic hydroxyl groups is 1. The van der Waals surface area contributed by atoms with Crippen LogP contribution in [0.25, 0.3) is 0 Å². The molecule has 0 saturated carbocycles. The maximum Gasteiger partial charge on any atom is 0.119 e. The van der Waals surface area contributed by atoms with E-state index in [0.29, 0.717) is 23.5 Å². The fourth-order valence-corrected chi connectivity index (χ4v) is 1.91. The highest BCUT2D eigenvalue weighted by Gasteiger charge is 2.22. The largest absolute Gasteiger partial charge is 0.508 e. The Morgan fingerprint density at radius 3 is 2.04 bits per heavy atom. The van der Waals surface area contributed by atoms with E-state index in [9.17, 15) is 0 Å². The number of phenolic OH excluding ortho intramolecular Hbond substituents is 1. The van der Waals surface area contributed by atoms with Gasteiger partial charge in [0, 0.05) is 14.1 Å². The Morgan fingerprint density at radius 2 is 1.54 bits per heavy atom. The Bertz CT molecular complexity index is 940. The number of methoxy groups -OCH3 is 2. The fraction of sp³-hybridized carbons (Fsp3) is 0.429. The van der Waals surface area contributed by atoms with E-state index >= 15 is 0 Å². The molecule has 2 aromatic rings. The minimum absolute atomic E-state index is 0.0704. The summed E-state index contributed by atoms with van der Waals surface area (Å²) < 4.78 is 90.4. The van der Waals surface area contributed by atoms with Crippen molar-refractivity contribution in [2.45, 2.75) is 18.9 Å². The molecule has 0 bridgehead atoms. The van der Waals surface area contributed by atoms with Crippen molar-refractivity contribution in [1.82, 2.24) is 0 Å². The minimum Gasteiger partial charge on any atom is -0.508 e. The van der Waals surface area contributed by atoms with Crippen molar-refractivity contribution in [1.29, 1.82) is 0 Å². The lowest BCUT2D eigenvalue weighted by Gasteiger charge is -2.05. The van der Waals surface area contributed by atoms with E-state index in [4.69, 9.17) is 28.3 Å². The SMILES string of the molecule is [2H]C([2H])([2H])OC([2H])([2H])Cc1ccc(O)cc1.[2H]C([2H])([2H])OC([2H])([2H])Cc1ccc(OCC2CO2)cc1. The van der Waals surface area contributed by atoms with Crippen LogP contribution in [0.2, 0.25) is 0 Å².